The lowest BCUT2D eigenvalue weighted by Crippen LogP contribution is -2.35. The first-order valence-electron chi connectivity index (χ1n) is 8.41. The molecule has 0 aliphatic heterocycles. The molecule has 2 N–H and O–H groups in total. The number of carbonyl (C=O) groups is 2. The molecule has 3 rings (SSSR count). The van der Waals surface area contributed by atoms with Crippen LogP contribution in [0.15, 0.2) is 30.6 Å². The molecule has 0 saturated heterocycles. The van der Waals surface area contributed by atoms with Crippen LogP contribution in [-0.2, 0) is 11.3 Å². The van der Waals surface area contributed by atoms with Gasteiger partial charge in [-0.05, 0) is 54.0 Å². The molecule has 7 heteroatoms. The number of aromatic nitrogens is 2. The van der Waals surface area contributed by atoms with Crippen LogP contribution in [0.2, 0.25) is 0 Å². The fourth-order valence-electron chi connectivity index (χ4n) is 3.03. The normalized spacial score (nSPS) is 14.5. The first-order chi connectivity index (χ1) is 12.0. The maximum Gasteiger partial charge on any atom is 0.256 e. The summed E-state index contributed by atoms with van der Waals surface area (Å²) >= 11 is 2.17. The number of rotatable bonds is 5. The van der Waals surface area contributed by atoms with Crippen LogP contribution in [0.3, 0.4) is 0 Å². The van der Waals surface area contributed by atoms with Crippen molar-refractivity contribution in [1.82, 2.24) is 15.1 Å². The second-order valence-electron chi connectivity index (χ2n) is 6.37. The molecule has 0 bridgehead atoms. The van der Waals surface area contributed by atoms with Crippen LogP contribution < -0.4 is 10.6 Å². The summed E-state index contributed by atoms with van der Waals surface area (Å²) in [6.07, 6.45) is 7.71. The van der Waals surface area contributed by atoms with Gasteiger partial charge in [-0.15, -0.1) is 0 Å². The SMILES string of the molecule is Cc1cccc(C(=O)Nc2cnn(CC(=O)NC3CCCC3)c2)c1I. The molecule has 2 amide bonds. The van der Waals surface area contributed by atoms with Gasteiger partial charge in [-0.1, -0.05) is 25.0 Å². The summed E-state index contributed by atoms with van der Waals surface area (Å²) in [4.78, 5) is 24.5. The van der Waals surface area contributed by atoms with Gasteiger partial charge >= 0.3 is 0 Å². The van der Waals surface area contributed by atoms with Crippen LogP contribution in [0.4, 0.5) is 5.69 Å². The Morgan fingerprint density at radius 2 is 2.08 bits per heavy atom. The Labute approximate surface area is 160 Å². The minimum Gasteiger partial charge on any atom is -0.352 e. The molecule has 0 unspecified atom stereocenters. The summed E-state index contributed by atoms with van der Waals surface area (Å²) < 4.78 is 2.47. The van der Waals surface area contributed by atoms with Gasteiger partial charge in [0, 0.05) is 15.8 Å². The zero-order valence-corrected chi connectivity index (χ0v) is 16.2. The maximum atomic E-state index is 12.4. The van der Waals surface area contributed by atoms with Gasteiger partial charge in [0.1, 0.15) is 6.54 Å². The molecule has 1 aliphatic carbocycles. The zero-order valence-electron chi connectivity index (χ0n) is 14.1. The number of anilines is 1. The molecule has 132 valence electrons. The predicted molar refractivity (Wildman–Crippen MR) is 104 cm³/mol. The summed E-state index contributed by atoms with van der Waals surface area (Å²) in [7, 11) is 0. The standard InChI is InChI=1S/C18H21IN4O2/c1-12-5-4-8-15(17(12)19)18(25)22-14-9-20-23(10-14)11-16(24)21-13-6-2-3-7-13/h4-5,8-10,13H,2-3,6-7,11H2,1H3,(H,21,24)(H,22,25). The predicted octanol–water partition coefficient (Wildman–Crippen LogP) is 3.11. The van der Waals surface area contributed by atoms with E-state index in [4.69, 9.17) is 0 Å². The monoisotopic (exact) mass is 452 g/mol. The van der Waals surface area contributed by atoms with Gasteiger partial charge in [0.15, 0.2) is 0 Å². The summed E-state index contributed by atoms with van der Waals surface area (Å²) in [6, 6.07) is 5.93. The molecule has 6 nitrogen and oxygen atoms in total. The summed E-state index contributed by atoms with van der Waals surface area (Å²) in [5.41, 5.74) is 2.27. The van der Waals surface area contributed by atoms with Crippen molar-refractivity contribution in [3.05, 3.63) is 45.3 Å². The first-order valence-corrected chi connectivity index (χ1v) is 9.49. The number of hydrogen-bond donors (Lipinski definition) is 2. The van der Waals surface area contributed by atoms with E-state index in [2.05, 4.69) is 38.3 Å². The van der Waals surface area contributed by atoms with Crippen LogP contribution in [0.25, 0.3) is 0 Å². The van der Waals surface area contributed by atoms with E-state index in [-0.39, 0.29) is 18.4 Å². The average Bonchev–Trinajstić information content (AvgIpc) is 3.22. The Bertz CT molecular complexity index is 781. The average molecular weight is 452 g/mol. The van der Waals surface area contributed by atoms with Crippen LogP contribution in [0.5, 0.6) is 0 Å². The van der Waals surface area contributed by atoms with Gasteiger partial charge in [-0.25, -0.2) is 0 Å². The van der Waals surface area contributed by atoms with E-state index in [0.29, 0.717) is 17.3 Å². The number of nitrogens with one attached hydrogen (secondary N) is 2. The molecule has 0 radical (unpaired) electrons. The number of nitrogens with zero attached hydrogens (tertiary/aromatic N) is 2. The number of aryl methyl sites for hydroxylation is 1. The molecule has 1 aliphatic rings. The van der Waals surface area contributed by atoms with E-state index in [0.717, 1.165) is 22.0 Å². The molecule has 0 atom stereocenters. The lowest BCUT2D eigenvalue weighted by Gasteiger charge is -2.11. The van der Waals surface area contributed by atoms with Crippen molar-refractivity contribution in [2.45, 2.75) is 45.2 Å². The van der Waals surface area contributed by atoms with Gasteiger partial charge in [0.05, 0.1) is 17.4 Å². The van der Waals surface area contributed by atoms with Crippen molar-refractivity contribution in [3.8, 4) is 0 Å². The van der Waals surface area contributed by atoms with Crippen molar-refractivity contribution < 1.29 is 9.59 Å². The summed E-state index contributed by atoms with van der Waals surface area (Å²) in [5.74, 6) is -0.218. The fraction of sp³-hybridized carbons (Fsp3) is 0.389. The van der Waals surface area contributed by atoms with E-state index in [9.17, 15) is 9.59 Å². The van der Waals surface area contributed by atoms with Crippen LogP contribution in [0.1, 0.15) is 41.6 Å². The number of carbonyl (C=O) groups excluding carboxylic acids is 2. The summed E-state index contributed by atoms with van der Waals surface area (Å²) in [6.45, 7) is 2.13. The summed E-state index contributed by atoms with van der Waals surface area (Å²) in [5, 5.41) is 10.0. The number of amides is 2. The molecule has 1 fully saturated rings. The lowest BCUT2D eigenvalue weighted by atomic mass is 10.1. The van der Waals surface area contributed by atoms with Gasteiger partial charge in [0.25, 0.3) is 5.91 Å². The topological polar surface area (TPSA) is 76.0 Å². The highest BCUT2D eigenvalue weighted by Gasteiger charge is 2.17. The molecular weight excluding hydrogens is 431 g/mol. The highest BCUT2D eigenvalue weighted by molar-refractivity contribution is 14.1. The van der Waals surface area contributed by atoms with E-state index in [1.54, 1.807) is 23.1 Å². The molecule has 2 aromatic rings. The van der Waals surface area contributed by atoms with Crippen molar-refractivity contribution in [1.29, 1.82) is 0 Å². The zero-order chi connectivity index (χ0) is 17.8. The fourth-order valence-corrected chi connectivity index (χ4v) is 3.63. The maximum absolute atomic E-state index is 12.4. The Balaban J connectivity index is 1.58. The minimum atomic E-state index is -0.178. The Morgan fingerprint density at radius 3 is 2.84 bits per heavy atom. The molecule has 0 spiro atoms. The molecule has 1 heterocycles. The number of benzene rings is 1. The quantitative estimate of drug-likeness (QED) is 0.685. The number of hydrogen-bond acceptors (Lipinski definition) is 3. The third-order valence-electron chi connectivity index (χ3n) is 4.35. The van der Waals surface area contributed by atoms with E-state index < -0.39 is 0 Å². The van der Waals surface area contributed by atoms with Crippen LogP contribution in [0, 0.1) is 10.5 Å². The molecule has 1 saturated carbocycles. The second-order valence-corrected chi connectivity index (χ2v) is 7.44. The van der Waals surface area contributed by atoms with Crippen molar-refractivity contribution in [2.75, 3.05) is 5.32 Å². The smallest absolute Gasteiger partial charge is 0.256 e. The van der Waals surface area contributed by atoms with E-state index >= 15 is 0 Å². The Hall–Kier alpha value is -1.90. The molecule has 25 heavy (non-hydrogen) atoms. The highest BCUT2D eigenvalue weighted by atomic mass is 127. The molecule has 1 aromatic heterocycles. The van der Waals surface area contributed by atoms with Crippen LogP contribution in [-0.4, -0.2) is 27.6 Å². The van der Waals surface area contributed by atoms with Gasteiger partial charge in [-0.3, -0.25) is 14.3 Å². The number of halogens is 1. The van der Waals surface area contributed by atoms with Crippen molar-refractivity contribution in [2.24, 2.45) is 0 Å². The van der Waals surface area contributed by atoms with E-state index in [1.807, 2.05) is 19.1 Å². The largest absolute Gasteiger partial charge is 0.352 e. The van der Waals surface area contributed by atoms with Gasteiger partial charge < -0.3 is 10.6 Å². The first kappa shape index (κ1) is 17.9. The molecule has 1 aromatic carbocycles. The minimum absolute atomic E-state index is 0.0406. The third-order valence-corrected chi connectivity index (χ3v) is 5.79. The Kier molecular flexibility index (Phi) is 5.72. The van der Waals surface area contributed by atoms with Gasteiger partial charge in [-0.2, -0.15) is 5.10 Å². The van der Waals surface area contributed by atoms with Crippen LogP contribution >= 0.6 is 22.6 Å². The Morgan fingerprint density at radius 1 is 1.32 bits per heavy atom. The lowest BCUT2D eigenvalue weighted by molar-refractivity contribution is -0.122. The second kappa shape index (κ2) is 7.99. The third kappa shape index (κ3) is 4.59. The van der Waals surface area contributed by atoms with Gasteiger partial charge in [0.2, 0.25) is 5.91 Å². The highest BCUT2D eigenvalue weighted by Crippen LogP contribution is 2.19. The van der Waals surface area contributed by atoms with E-state index in [1.165, 1.54) is 12.8 Å². The van der Waals surface area contributed by atoms with Crippen molar-refractivity contribution >= 4 is 40.1 Å². The molecular formula is C18H21IN4O2. The van der Waals surface area contributed by atoms with Crippen molar-refractivity contribution in [3.63, 3.8) is 0 Å².